The fourth-order valence-corrected chi connectivity index (χ4v) is 5.24. The molecule has 6 nitrogen and oxygen atoms in total. The van der Waals surface area contributed by atoms with Crippen LogP contribution in [0.2, 0.25) is 0 Å². The molecule has 0 spiro atoms. The van der Waals surface area contributed by atoms with Gasteiger partial charge in [-0.05, 0) is 70.8 Å². The molecule has 6 rings (SSSR count). The van der Waals surface area contributed by atoms with Crippen LogP contribution in [0.5, 0.6) is 11.5 Å². The zero-order valence-electron chi connectivity index (χ0n) is 23.1. The summed E-state index contributed by atoms with van der Waals surface area (Å²) in [5.41, 5.74) is 4.60. The second kappa shape index (κ2) is 11.6. The highest BCUT2D eigenvalue weighted by atomic mass is 16.5. The predicted octanol–water partition coefficient (Wildman–Crippen LogP) is 6.97. The summed E-state index contributed by atoms with van der Waals surface area (Å²) in [6.07, 6.45) is 0.584. The molecule has 0 saturated carbocycles. The van der Waals surface area contributed by atoms with E-state index in [0.29, 0.717) is 24.3 Å². The van der Waals surface area contributed by atoms with Gasteiger partial charge < -0.3 is 19.4 Å². The van der Waals surface area contributed by atoms with E-state index < -0.39 is 0 Å². The van der Waals surface area contributed by atoms with Crippen LogP contribution in [0.15, 0.2) is 115 Å². The molecule has 1 N–H and O–H groups in total. The van der Waals surface area contributed by atoms with Crippen molar-refractivity contribution < 1.29 is 14.3 Å². The van der Waals surface area contributed by atoms with Gasteiger partial charge in [-0.25, -0.2) is 4.98 Å². The summed E-state index contributed by atoms with van der Waals surface area (Å²) >= 11 is 0. The van der Waals surface area contributed by atoms with E-state index in [-0.39, 0.29) is 11.9 Å². The van der Waals surface area contributed by atoms with E-state index in [1.165, 1.54) is 10.8 Å². The topological polar surface area (TPSA) is 65.4 Å². The number of carbonyl (C=O) groups is 1. The van der Waals surface area contributed by atoms with Crippen LogP contribution < -0.4 is 14.8 Å². The zero-order valence-corrected chi connectivity index (χ0v) is 23.1. The summed E-state index contributed by atoms with van der Waals surface area (Å²) in [5, 5.41) is 5.67. The number of carbonyl (C=O) groups excluding carboxylic acids is 1. The van der Waals surface area contributed by atoms with Gasteiger partial charge in [-0.15, -0.1) is 0 Å². The number of methoxy groups -OCH3 is 2. The molecule has 0 radical (unpaired) electrons. The van der Waals surface area contributed by atoms with Crippen LogP contribution in [-0.4, -0.2) is 29.7 Å². The Morgan fingerprint density at radius 3 is 2.22 bits per heavy atom. The van der Waals surface area contributed by atoms with Crippen LogP contribution in [0, 0.1) is 0 Å². The highest BCUT2D eigenvalue weighted by Crippen LogP contribution is 2.29. The van der Waals surface area contributed by atoms with Gasteiger partial charge in [0, 0.05) is 18.2 Å². The molecular formula is C35H31N3O3. The van der Waals surface area contributed by atoms with Crippen LogP contribution in [0.25, 0.3) is 21.8 Å². The van der Waals surface area contributed by atoms with E-state index in [1.54, 1.807) is 38.5 Å². The minimum absolute atomic E-state index is 0.171. The summed E-state index contributed by atoms with van der Waals surface area (Å²) in [7, 11) is 3.28. The van der Waals surface area contributed by atoms with Gasteiger partial charge in [0.05, 0.1) is 31.3 Å². The number of nitrogens with one attached hydrogen (secondary N) is 1. The van der Waals surface area contributed by atoms with Gasteiger partial charge in [-0.3, -0.25) is 4.79 Å². The molecule has 1 heterocycles. The minimum Gasteiger partial charge on any atom is -0.497 e. The molecule has 1 aromatic heterocycles. The standard InChI is InChI=1S/C35H31N3O3/c1-40-29-16-14-27(15-17-29)35(39)37-32(21-24-8-4-3-5-9-24)34-36-31-19-18-30(41-2)22-33(31)38(34)23-25-12-13-26-10-6-7-11-28(26)20-25/h3-20,22,32H,21,23H2,1-2H3,(H,37,39). The Morgan fingerprint density at radius 2 is 1.46 bits per heavy atom. The number of hydrogen-bond donors (Lipinski definition) is 1. The molecule has 6 heteroatoms. The van der Waals surface area contributed by atoms with Gasteiger partial charge in [0.1, 0.15) is 17.3 Å². The van der Waals surface area contributed by atoms with Crippen LogP contribution in [0.3, 0.4) is 0 Å². The van der Waals surface area contributed by atoms with Crippen LogP contribution in [0.4, 0.5) is 0 Å². The third kappa shape index (κ3) is 5.63. The highest BCUT2D eigenvalue weighted by molar-refractivity contribution is 5.94. The second-order valence-corrected chi connectivity index (χ2v) is 10.0. The average molecular weight is 542 g/mol. The number of ether oxygens (including phenoxy) is 2. The predicted molar refractivity (Wildman–Crippen MR) is 163 cm³/mol. The normalized spacial score (nSPS) is 11.9. The smallest absolute Gasteiger partial charge is 0.251 e. The molecule has 1 unspecified atom stereocenters. The van der Waals surface area contributed by atoms with Crippen molar-refractivity contribution in [1.82, 2.24) is 14.9 Å². The first-order valence-corrected chi connectivity index (χ1v) is 13.6. The molecule has 0 aliphatic carbocycles. The monoisotopic (exact) mass is 541 g/mol. The van der Waals surface area contributed by atoms with Crippen molar-refractivity contribution in [2.24, 2.45) is 0 Å². The van der Waals surface area contributed by atoms with Crippen LogP contribution in [-0.2, 0) is 13.0 Å². The van der Waals surface area contributed by atoms with Gasteiger partial charge in [-0.2, -0.15) is 0 Å². The molecule has 6 aromatic rings. The minimum atomic E-state index is -0.383. The molecule has 5 aromatic carbocycles. The van der Waals surface area contributed by atoms with E-state index in [2.05, 4.69) is 64.5 Å². The molecular weight excluding hydrogens is 510 g/mol. The zero-order chi connectivity index (χ0) is 28.2. The van der Waals surface area contributed by atoms with E-state index >= 15 is 0 Å². The van der Waals surface area contributed by atoms with E-state index in [4.69, 9.17) is 14.5 Å². The Balaban J connectivity index is 1.44. The van der Waals surface area contributed by atoms with Crippen molar-refractivity contribution in [2.75, 3.05) is 14.2 Å². The first kappa shape index (κ1) is 26.1. The molecule has 0 aliphatic heterocycles. The average Bonchev–Trinajstić information content (AvgIpc) is 3.38. The summed E-state index contributed by atoms with van der Waals surface area (Å²) in [4.78, 5) is 18.6. The maximum absolute atomic E-state index is 13.5. The number of benzene rings is 5. The van der Waals surface area contributed by atoms with Gasteiger partial charge in [0.15, 0.2) is 0 Å². The van der Waals surface area contributed by atoms with E-state index in [0.717, 1.165) is 33.7 Å². The quantitative estimate of drug-likeness (QED) is 0.215. The van der Waals surface area contributed by atoms with Crippen molar-refractivity contribution in [2.45, 2.75) is 19.0 Å². The Morgan fingerprint density at radius 1 is 0.756 bits per heavy atom. The lowest BCUT2D eigenvalue weighted by atomic mass is 10.0. The molecule has 1 atom stereocenters. The lowest BCUT2D eigenvalue weighted by molar-refractivity contribution is 0.0934. The van der Waals surface area contributed by atoms with Crippen LogP contribution in [0.1, 0.15) is 33.4 Å². The Labute approximate surface area is 239 Å². The van der Waals surface area contributed by atoms with Crippen molar-refractivity contribution in [1.29, 1.82) is 0 Å². The van der Waals surface area contributed by atoms with Gasteiger partial charge >= 0.3 is 0 Å². The summed E-state index contributed by atoms with van der Waals surface area (Å²) in [6.45, 7) is 0.591. The highest BCUT2D eigenvalue weighted by Gasteiger charge is 2.24. The maximum atomic E-state index is 13.5. The molecule has 1 amide bonds. The lowest BCUT2D eigenvalue weighted by Crippen LogP contribution is -2.32. The molecule has 41 heavy (non-hydrogen) atoms. The second-order valence-electron chi connectivity index (χ2n) is 10.0. The largest absolute Gasteiger partial charge is 0.497 e. The SMILES string of the molecule is COc1ccc(C(=O)NC(Cc2ccccc2)c2nc3ccc(OC)cc3n2Cc2ccc3ccccc3c2)cc1. The van der Waals surface area contributed by atoms with Crippen molar-refractivity contribution in [3.05, 3.63) is 138 Å². The van der Waals surface area contributed by atoms with Gasteiger partial charge in [0.25, 0.3) is 5.91 Å². The summed E-state index contributed by atoms with van der Waals surface area (Å²) < 4.78 is 13.0. The number of amides is 1. The van der Waals surface area contributed by atoms with Crippen molar-refractivity contribution in [3.8, 4) is 11.5 Å². The third-order valence-corrected chi connectivity index (χ3v) is 7.39. The maximum Gasteiger partial charge on any atom is 0.251 e. The molecule has 0 aliphatic rings. The number of hydrogen-bond acceptors (Lipinski definition) is 4. The van der Waals surface area contributed by atoms with Gasteiger partial charge in [-0.1, -0.05) is 66.7 Å². The lowest BCUT2D eigenvalue weighted by Gasteiger charge is -2.21. The fraction of sp³-hybridized carbons (Fsp3) is 0.143. The van der Waals surface area contributed by atoms with E-state index in [1.807, 2.05) is 36.4 Å². The number of rotatable bonds is 9. The first-order valence-electron chi connectivity index (χ1n) is 13.6. The van der Waals surface area contributed by atoms with Crippen molar-refractivity contribution in [3.63, 3.8) is 0 Å². The molecule has 0 saturated heterocycles. The fourth-order valence-electron chi connectivity index (χ4n) is 5.24. The number of fused-ring (bicyclic) bond motifs is 2. The van der Waals surface area contributed by atoms with Gasteiger partial charge in [0.2, 0.25) is 0 Å². The first-order chi connectivity index (χ1) is 20.1. The Hall–Kier alpha value is -5.10. The number of nitrogens with zero attached hydrogens (tertiary/aromatic N) is 2. The number of imidazole rings is 1. The van der Waals surface area contributed by atoms with Crippen LogP contribution >= 0.6 is 0 Å². The summed E-state index contributed by atoms with van der Waals surface area (Å²) in [6, 6.07) is 37.7. The van der Waals surface area contributed by atoms with Crippen molar-refractivity contribution >= 4 is 27.7 Å². The molecule has 204 valence electrons. The number of aromatic nitrogens is 2. The molecule has 0 fully saturated rings. The van der Waals surface area contributed by atoms with E-state index in [9.17, 15) is 4.79 Å². The Kier molecular flexibility index (Phi) is 7.37. The third-order valence-electron chi connectivity index (χ3n) is 7.39. The summed E-state index contributed by atoms with van der Waals surface area (Å²) in [5.74, 6) is 2.07. The molecule has 0 bridgehead atoms. The Bertz CT molecular complexity index is 1810.